The average molecular weight is 332 g/mol. The lowest BCUT2D eigenvalue weighted by atomic mass is 9.76. The third-order valence-corrected chi connectivity index (χ3v) is 5.99. The first-order chi connectivity index (χ1) is 11.6. The fourth-order valence-electron chi connectivity index (χ4n) is 4.50. The highest BCUT2D eigenvalue weighted by Crippen LogP contribution is 2.42. The minimum Gasteiger partial charge on any atom is -0.376 e. The topological polar surface area (TPSA) is 61.5 Å². The van der Waals surface area contributed by atoms with Gasteiger partial charge in [-0.25, -0.2) is 4.98 Å². The molecule has 0 aromatic carbocycles. The van der Waals surface area contributed by atoms with Crippen LogP contribution >= 0.6 is 0 Å². The molecular weight excluding hydrogens is 304 g/mol. The van der Waals surface area contributed by atoms with Gasteiger partial charge in [-0.05, 0) is 57.5 Å². The Bertz CT molecular complexity index is 586. The number of hydrogen-bond acceptors (Lipinski definition) is 4. The first-order valence-electron chi connectivity index (χ1n) is 9.28. The van der Waals surface area contributed by atoms with Crippen LogP contribution in [0.4, 0.5) is 0 Å². The predicted molar refractivity (Wildman–Crippen MR) is 90.9 cm³/mol. The van der Waals surface area contributed by atoms with Crippen LogP contribution in [-0.4, -0.2) is 71.1 Å². The molecule has 1 N–H and O–H groups in total. The Morgan fingerprint density at radius 1 is 1.33 bits per heavy atom. The van der Waals surface area contributed by atoms with Crippen molar-refractivity contribution in [3.05, 3.63) is 17.7 Å². The van der Waals surface area contributed by atoms with E-state index in [4.69, 9.17) is 4.74 Å². The van der Waals surface area contributed by atoms with Crippen molar-refractivity contribution in [3.63, 3.8) is 0 Å². The van der Waals surface area contributed by atoms with Gasteiger partial charge in [-0.1, -0.05) is 0 Å². The van der Waals surface area contributed by atoms with Gasteiger partial charge < -0.3 is 19.5 Å². The highest BCUT2D eigenvalue weighted by Gasteiger charge is 2.43. The van der Waals surface area contributed by atoms with E-state index in [2.05, 4.69) is 14.9 Å². The molecule has 0 bridgehead atoms. The number of ether oxygens (including phenoxy) is 1. The Kier molecular flexibility index (Phi) is 4.35. The number of aryl methyl sites for hydroxylation is 1. The quantitative estimate of drug-likeness (QED) is 0.917. The number of carbonyl (C=O) groups is 1. The number of piperidine rings is 1. The van der Waals surface area contributed by atoms with E-state index in [0.717, 1.165) is 51.3 Å². The van der Waals surface area contributed by atoms with Crippen molar-refractivity contribution in [3.8, 4) is 0 Å². The van der Waals surface area contributed by atoms with Crippen LogP contribution in [0.1, 0.15) is 48.4 Å². The molecule has 0 saturated carbocycles. The number of carbonyl (C=O) groups excluding carboxylic acids is 1. The minimum atomic E-state index is 0.0815. The minimum absolute atomic E-state index is 0.0815. The van der Waals surface area contributed by atoms with Crippen molar-refractivity contribution in [1.82, 2.24) is 19.8 Å². The molecule has 1 atom stereocenters. The predicted octanol–water partition coefficient (Wildman–Crippen LogP) is 1.83. The average Bonchev–Trinajstić information content (AvgIpc) is 3.31. The third-order valence-electron chi connectivity index (χ3n) is 5.99. The fraction of sp³-hybridized carbons (Fsp3) is 0.778. The van der Waals surface area contributed by atoms with Crippen LogP contribution in [0.25, 0.3) is 0 Å². The fourth-order valence-corrected chi connectivity index (χ4v) is 4.50. The summed E-state index contributed by atoms with van der Waals surface area (Å²) in [5, 5.41) is 0. The summed E-state index contributed by atoms with van der Waals surface area (Å²) in [6.45, 7) is 7.97. The van der Waals surface area contributed by atoms with Crippen LogP contribution in [0, 0.1) is 12.3 Å². The van der Waals surface area contributed by atoms with Gasteiger partial charge in [0.1, 0.15) is 11.5 Å². The highest BCUT2D eigenvalue weighted by atomic mass is 16.5. The van der Waals surface area contributed by atoms with Crippen molar-refractivity contribution in [2.75, 3.05) is 39.3 Å². The number of imidazole rings is 1. The second-order valence-corrected chi connectivity index (χ2v) is 7.82. The van der Waals surface area contributed by atoms with Crippen LogP contribution in [0.5, 0.6) is 0 Å². The van der Waals surface area contributed by atoms with Gasteiger partial charge in [-0.2, -0.15) is 0 Å². The zero-order valence-electron chi connectivity index (χ0n) is 14.6. The van der Waals surface area contributed by atoms with E-state index < -0.39 is 0 Å². The lowest BCUT2D eigenvalue weighted by Gasteiger charge is -2.38. The lowest BCUT2D eigenvalue weighted by molar-refractivity contribution is 0.0457. The van der Waals surface area contributed by atoms with E-state index in [0.29, 0.717) is 17.2 Å². The number of nitrogens with zero attached hydrogens (tertiary/aromatic N) is 3. The first-order valence-corrected chi connectivity index (χ1v) is 9.28. The summed E-state index contributed by atoms with van der Waals surface area (Å²) in [4.78, 5) is 24.2. The molecule has 6 heteroatoms. The maximum absolute atomic E-state index is 12.5. The molecular formula is C18H28N4O2. The third kappa shape index (κ3) is 3.22. The summed E-state index contributed by atoms with van der Waals surface area (Å²) >= 11 is 0. The van der Waals surface area contributed by atoms with Gasteiger partial charge in [0.05, 0.1) is 18.9 Å². The van der Waals surface area contributed by atoms with Crippen LogP contribution < -0.4 is 0 Å². The van der Waals surface area contributed by atoms with Crippen molar-refractivity contribution in [2.24, 2.45) is 5.41 Å². The normalized spacial score (nSPS) is 27.2. The molecule has 1 amide bonds. The second-order valence-electron chi connectivity index (χ2n) is 7.82. The lowest BCUT2D eigenvalue weighted by Crippen LogP contribution is -2.43. The Balaban J connectivity index is 1.30. The molecule has 3 saturated heterocycles. The van der Waals surface area contributed by atoms with Crippen LogP contribution in [0.2, 0.25) is 0 Å². The Morgan fingerprint density at radius 2 is 2.08 bits per heavy atom. The van der Waals surface area contributed by atoms with E-state index in [1.54, 1.807) is 6.20 Å². The molecule has 132 valence electrons. The molecule has 3 fully saturated rings. The van der Waals surface area contributed by atoms with Crippen molar-refractivity contribution >= 4 is 5.91 Å². The second kappa shape index (κ2) is 6.48. The Labute approximate surface area is 143 Å². The number of amides is 1. The molecule has 4 heterocycles. The summed E-state index contributed by atoms with van der Waals surface area (Å²) in [5.41, 5.74) is 0.906. The standard InChI is InChI=1S/C18H28N4O2/c1-14-19-11-16(20-14)17(23)22-8-4-18(5-9-22)10-15(24-13-18)12-21-6-2-3-7-21/h11,15H,2-10,12-13H2,1H3,(H,19,20)/t15-/m0/s1. The van der Waals surface area contributed by atoms with E-state index in [-0.39, 0.29) is 5.91 Å². The van der Waals surface area contributed by atoms with Gasteiger partial charge in [0.15, 0.2) is 0 Å². The number of rotatable bonds is 3. The van der Waals surface area contributed by atoms with Gasteiger partial charge >= 0.3 is 0 Å². The monoisotopic (exact) mass is 332 g/mol. The van der Waals surface area contributed by atoms with E-state index in [1.807, 2.05) is 11.8 Å². The molecule has 1 aromatic heterocycles. The highest BCUT2D eigenvalue weighted by molar-refractivity contribution is 5.92. The number of H-pyrrole nitrogens is 1. The number of aromatic nitrogens is 2. The summed E-state index contributed by atoms with van der Waals surface area (Å²) in [6, 6.07) is 0. The van der Waals surface area contributed by atoms with Crippen molar-refractivity contribution in [1.29, 1.82) is 0 Å². The van der Waals surface area contributed by atoms with E-state index in [9.17, 15) is 4.79 Å². The van der Waals surface area contributed by atoms with Gasteiger partial charge in [-0.15, -0.1) is 0 Å². The smallest absolute Gasteiger partial charge is 0.271 e. The SMILES string of the molecule is Cc1ncc(C(=O)N2CCC3(CC2)CO[C@H](CN2CCCC2)C3)[nH]1. The summed E-state index contributed by atoms with van der Waals surface area (Å²) in [6.07, 6.45) is 7.98. The molecule has 1 spiro atoms. The molecule has 6 nitrogen and oxygen atoms in total. The largest absolute Gasteiger partial charge is 0.376 e. The maximum Gasteiger partial charge on any atom is 0.271 e. The zero-order valence-corrected chi connectivity index (χ0v) is 14.6. The number of aromatic amines is 1. The molecule has 4 rings (SSSR count). The molecule has 0 unspecified atom stereocenters. The zero-order chi connectivity index (χ0) is 16.6. The number of nitrogens with one attached hydrogen (secondary N) is 1. The summed E-state index contributed by atoms with van der Waals surface area (Å²) in [5.74, 6) is 0.874. The van der Waals surface area contributed by atoms with E-state index in [1.165, 1.54) is 25.9 Å². The molecule has 0 aliphatic carbocycles. The molecule has 1 aromatic rings. The first kappa shape index (κ1) is 16.1. The molecule has 3 aliphatic rings. The van der Waals surface area contributed by atoms with Crippen LogP contribution in [0.15, 0.2) is 6.20 Å². The van der Waals surface area contributed by atoms with Crippen molar-refractivity contribution in [2.45, 2.75) is 45.1 Å². The Morgan fingerprint density at radius 3 is 2.75 bits per heavy atom. The van der Waals surface area contributed by atoms with Gasteiger partial charge in [0, 0.05) is 19.6 Å². The van der Waals surface area contributed by atoms with Crippen molar-refractivity contribution < 1.29 is 9.53 Å². The summed E-state index contributed by atoms with van der Waals surface area (Å²) < 4.78 is 6.13. The molecule has 0 radical (unpaired) electrons. The van der Waals surface area contributed by atoms with E-state index >= 15 is 0 Å². The van der Waals surface area contributed by atoms with Crippen LogP contribution in [0.3, 0.4) is 0 Å². The summed E-state index contributed by atoms with van der Waals surface area (Å²) in [7, 11) is 0. The van der Waals surface area contributed by atoms with Crippen LogP contribution in [-0.2, 0) is 4.74 Å². The number of likely N-dealkylation sites (tertiary alicyclic amines) is 2. The molecule has 24 heavy (non-hydrogen) atoms. The van der Waals surface area contributed by atoms with Gasteiger partial charge in [0.25, 0.3) is 5.91 Å². The Hall–Kier alpha value is -1.40. The number of hydrogen-bond donors (Lipinski definition) is 1. The van der Waals surface area contributed by atoms with Gasteiger partial charge in [-0.3, -0.25) is 4.79 Å². The van der Waals surface area contributed by atoms with Gasteiger partial charge in [0.2, 0.25) is 0 Å². The molecule has 3 aliphatic heterocycles. The maximum atomic E-state index is 12.5.